The van der Waals surface area contributed by atoms with Crippen LogP contribution in [0.3, 0.4) is 0 Å². The van der Waals surface area contributed by atoms with Gasteiger partial charge in [-0.3, -0.25) is 4.79 Å². The van der Waals surface area contributed by atoms with Crippen LogP contribution in [0.2, 0.25) is 0 Å². The summed E-state index contributed by atoms with van der Waals surface area (Å²) < 4.78 is 53.9. The summed E-state index contributed by atoms with van der Waals surface area (Å²) in [5.41, 5.74) is -0.522. The minimum absolute atomic E-state index is 0.522. The monoisotopic (exact) mass is 187 g/mol. The molecule has 0 saturated carbocycles. The molecule has 0 aliphatic carbocycles. The zero-order valence-electron chi connectivity index (χ0n) is 9.63. The van der Waals surface area contributed by atoms with Gasteiger partial charge in [0.25, 0.3) is 15.9 Å². The summed E-state index contributed by atoms with van der Waals surface area (Å²) in [4.78, 5) is 10.6. The van der Waals surface area contributed by atoms with Crippen molar-refractivity contribution < 1.29 is 18.7 Å². The minimum atomic E-state index is -4.16. The Labute approximate surface area is 74.9 Å². The molecule has 1 aromatic carbocycles. The van der Waals surface area contributed by atoms with Crippen molar-refractivity contribution in [3.63, 3.8) is 0 Å². The van der Waals surface area contributed by atoms with Gasteiger partial charge in [0, 0.05) is 0 Å². The molecule has 1 amide bonds. The van der Waals surface area contributed by atoms with Crippen LogP contribution in [0.4, 0.5) is 0 Å². The Morgan fingerprint density at radius 2 is 2.00 bits per heavy atom. The minimum Gasteiger partial charge on any atom is -0.268 e. The van der Waals surface area contributed by atoms with E-state index in [1.165, 1.54) is 0 Å². The van der Waals surface area contributed by atoms with Crippen LogP contribution in [0.25, 0.3) is 0 Å². The highest BCUT2D eigenvalue weighted by molar-refractivity contribution is 7.90. The van der Waals surface area contributed by atoms with Crippen molar-refractivity contribution in [3.05, 3.63) is 29.7 Å². The summed E-state index contributed by atoms with van der Waals surface area (Å²) in [6, 6.07) is -2.68. The number of benzene rings is 1. The molecule has 2 rings (SSSR count). The van der Waals surface area contributed by atoms with E-state index in [1.54, 1.807) is 4.72 Å². The first-order valence-corrected chi connectivity index (χ1v) is 4.43. The molecule has 4 nitrogen and oxygen atoms in total. The van der Waals surface area contributed by atoms with E-state index in [9.17, 15) is 13.2 Å². The van der Waals surface area contributed by atoms with Crippen molar-refractivity contribution in [1.82, 2.24) is 4.72 Å². The average molecular weight is 187 g/mol. The van der Waals surface area contributed by atoms with E-state index in [1.807, 2.05) is 0 Å². The van der Waals surface area contributed by atoms with Crippen molar-refractivity contribution in [3.8, 4) is 0 Å². The predicted octanol–water partition coefficient (Wildman–Crippen LogP) is 0.119. The number of carbonyl (C=O) groups is 1. The lowest BCUT2D eigenvalue weighted by atomic mass is 10.2. The molecule has 0 saturated heterocycles. The molecule has 0 spiro atoms. The molecular weight excluding hydrogens is 178 g/mol. The number of hydrogen-bond acceptors (Lipinski definition) is 3. The van der Waals surface area contributed by atoms with Gasteiger partial charge in [-0.15, -0.1) is 0 Å². The fourth-order valence-electron chi connectivity index (χ4n) is 0.887. The number of hydrogen-bond donors (Lipinski definition) is 1. The van der Waals surface area contributed by atoms with Crippen molar-refractivity contribution >= 4 is 15.9 Å². The van der Waals surface area contributed by atoms with Gasteiger partial charge in [0.05, 0.1) is 11.0 Å². The van der Waals surface area contributed by atoms with Crippen LogP contribution in [0.5, 0.6) is 0 Å². The SMILES string of the molecule is [2H]c1c([2H])c([2H])c2c(c1[2H])C(=O)NS2(=O)=O. The van der Waals surface area contributed by atoms with E-state index < -0.39 is 50.6 Å². The molecule has 0 radical (unpaired) electrons. The molecule has 0 unspecified atom stereocenters. The maximum Gasteiger partial charge on any atom is 0.266 e. The van der Waals surface area contributed by atoms with Crippen molar-refractivity contribution in [1.29, 1.82) is 0 Å². The van der Waals surface area contributed by atoms with Crippen LogP contribution in [0.15, 0.2) is 29.1 Å². The van der Waals surface area contributed by atoms with Gasteiger partial charge in [0.1, 0.15) is 4.90 Å². The first-order chi connectivity index (χ1) is 7.27. The number of amides is 1. The van der Waals surface area contributed by atoms with Crippen LogP contribution in [-0.4, -0.2) is 14.3 Å². The van der Waals surface area contributed by atoms with Crippen molar-refractivity contribution in [2.75, 3.05) is 0 Å². The van der Waals surface area contributed by atoms with Gasteiger partial charge >= 0.3 is 0 Å². The van der Waals surface area contributed by atoms with Crippen LogP contribution in [0.1, 0.15) is 15.8 Å². The molecule has 12 heavy (non-hydrogen) atoms. The summed E-state index contributed by atoms with van der Waals surface area (Å²) in [5.74, 6) is -1.03. The number of rotatable bonds is 0. The third kappa shape index (κ3) is 0.831. The van der Waals surface area contributed by atoms with Gasteiger partial charge < -0.3 is 0 Å². The fraction of sp³-hybridized carbons (Fsp3) is 0. The van der Waals surface area contributed by atoms with Gasteiger partial charge in [0.15, 0.2) is 0 Å². The van der Waals surface area contributed by atoms with Crippen LogP contribution in [0, 0.1) is 0 Å². The van der Waals surface area contributed by atoms with Gasteiger partial charge in [-0.1, -0.05) is 12.1 Å². The maximum absolute atomic E-state index is 11.4. The third-order valence-electron chi connectivity index (χ3n) is 1.38. The molecule has 1 heterocycles. The van der Waals surface area contributed by atoms with Crippen LogP contribution < -0.4 is 4.72 Å². The zero-order valence-corrected chi connectivity index (χ0v) is 6.45. The molecule has 1 aromatic rings. The van der Waals surface area contributed by atoms with Crippen molar-refractivity contribution in [2.24, 2.45) is 0 Å². The molecule has 62 valence electrons. The molecule has 0 bridgehead atoms. The van der Waals surface area contributed by atoms with Gasteiger partial charge in [-0.25, -0.2) is 13.1 Å². The topological polar surface area (TPSA) is 63.2 Å². The van der Waals surface area contributed by atoms with Gasteiger partial charge in [0.2, 0.25) is 0 Å². The highest BCUT2D eigenvalue weighted by Crippen LogP contribution is 2.20. The zero-order chi connectivity index (χ0) is 12.2. The number of fused-ring (bicyclic) bond motifs is 1. The summed E-state index contributed by atoms with van der Waals surface area (Å²) in [7, 11) is -4.16. The standard InChI is InChI=1S/C7H5NO3S/c9-7-5-3-1-2-4-6(5)12(10,11)8-7/h1-4H,(H,8,9)/i1D,2D,3D,4D. The molecule has 0 aromatic heterocycles. The van der Waals surface area contributed by atoms with E-state index in [2.05, 4.69) is 0 Å². The van der Waals surface area contributed by atoms with E-state index in [4.69, 9.17) is 5.48 Å². The fourth-order valence-corrected chi connectivity index (χ4v) is 1.93. The Morgan fingerprint density at radius 3 is 2.75 bits per heavy atom. The second kappa shape index (κ2) is 2.07. The Balaban J connectivity index is 3.03. The Kier molecular flexibility index (Phi) is 0.698. The third-order valence-corrected chi connectivity index (χ3v) is 2.67. The highest BCUT2D eigenvalue weighted by atomic mass is 32.2. The lowest BCUT2D eigenvalue weighted by Gasteiger charge is -1.91. The summed E-state index contributed by atoms with van der Waals surface area (Å²) in [6.45, 7) is 0. The molecule has 1 N–H and O–H groups in total. The number of sulfonamides is 1. The maximum atomic E-state index is 11.4. The second-order valence-electron chi connectivity index (χ2n) is 2.14. The van der Waals surface area contributed by atoms with Gasteiger partial charge in [-0.2, -0.15) is 0 Å². The second-order valence-corrected chi connectivity index (χ2v) is 3.76. The lowest BCUT2D eigenvalue weighted by Crippen LogP contribution is -2.20. The summed E-state index contributed by atoms with van der Waals surface area (Å²) in [5, 5.41) is 0. The Bertz CT molecular complexity index is 625. The molecule has 1 aliphatic heterocycles. The van der Waals surface area contributed by atoms with Crippen LogP contribution >= 0.6 is 0 Å². The lowest BCUT2D eigenvalue weighted by molar-refractivity contribution is 0.0985. The Morgan fingerprint density at radius 1 is 1.33 bits per heavy atom. The first-order valence-electron chi connectivity index (χ1n) is 4.95. The van der Waals surface area contributed by atoms with Crippen molar-refractivity contribution in [2.45, 2.75) is 4.90 Å². The molecule has 0 fully saturated rings. The normalized spacial score (nSPS) is 23.2. The summed E-state index contributed by atoms with van der Waals surface area (Å²) in [6.07, 6.45) is 0. The largest absolute Gasteiger partial charge is 0.268 e. The van der Waals surface area contributed by atoms with E-state index in [0.717, 1.165) is 0 Å². The van der Waals surface area contributed by atoms with Gasteiger partial charge in [-0.05, 0) is 12.1 Å². The van der Waals surface area contributed by atoms with E-state index in [0.29, 0.717) is 0 Å². The van der Waals surface area contributed by atoms with Crippen LogP contribution in [-0.2, 0) is 10.0 Å². The molecule has 5 heteroatoms. The molecule has 0 atom stereocenters. The smallest absolute Gasteiger partial charge is 0.266 e. The Hall–Kier alpha value is -1.36. The quantitative estimate of drug-likeness (QED) is 0.627. The summed E-state index contributed by atoms with van der Waals surface area (Å²) >= 11 is 0. The number of carbonyl (C=O) groups excluding carboxylic acids is 1. The average Bonchev–Trinajstić information content (AvgIpc) is 2.42. The predicted molar refractivity (Wildman–Crippen MR) is 41.1 cm³/mol. The number of nitrogens with one attached hydrogen (secondary N) is 1. The molecule has 1 aliphatic rings. The van der Waals surface area contributed by atoms with E-state index >= 15 is 0 Å². The first kappa shape index (κ1) is 4.04. The highest BCUT2D eigenvalue weighted by Gasteiger charge is 2.31. The van der Waals surface area contributed by atoms with E-state index in [-0.39, 0.29) is 0 Å². The molecular formula is C7H5NO3S.